The average Bonchev–Trinajstić information content (AvgIpc) is 2.27. The normalized spacial score (nSPS) is 20.0. The van der Waals surface area contributed by atoms with Gasteiger partial charge in [-0.25, -0.2) is 10.2 Å². The summed E-state index contributed by atoms with van der Waals surface area (Å²) >= 11 is 3.41. The summed E-state index contributed by atoms with van der Waals surface area (Å²) in [5, 5.41) is 8.17. The third kappa shape index (κ3) is 10.0. The molecule has 1 saturated carbocycles. The molecule has 0 aromatic heterocycles. The van der Waals surface area contributed by atoms with Crippen LogP contribution in [0.1, 0.15) is 38.2 Å². The molecule has 19 heavy (non-hydrogen) atoms. The largest absolute Gasteiger partial charge is 0.300 e. The number of hydrogen-bond donors (Lipinski definition) is 2. The molecule has 0 spiro atoms. The summed E-state index contributed by atoms with van der Waals surface area (Å²) in [4.78, 5) is 0. The molecular formula is C13H22BrFN2OU. The summed E-state index contributed by atoms with van der Waals surface area (Å²) in [7, 11) is 1.33. The monoisotopic (exact) mass is 558 g/mol. The molecular weight excluding hydrogens is 537 g/mol. The van der Waals surface area contributed by atoms with Crippen molar-refractivity contribution in [3.8, 4) is 0 Å². The molecule has 1 aliphatic rings. The van der Waals surface area contributed by atoms with Crippen molar-refractivity contribution in [2.24, 2.45) is 5.84 Å². The first-order chi connectivity index (χ1) is 8.49. The van der Waals surface area contributed by atoms with E-state index in [-0.39, 0.29) is 31.1 Å². The zero-order chi connectivity index (χ0) is 14.1. The van der Waals surface area contributed by atoms with E-state index in [2.05, 4.69) is 33.9 Å². The van der Waals surface area contributed by atoms with Gasteiger partial charge >= 0.3 is 0 Å². The standard InChI is InChI=1S/C10H10BrF.C2H6.CH6N2O.U/c11-9-3-1-2-7(4-9)8-5-10(12)6-8;1-2;1-3(2)4;/h1-4,8,10H,5-6H2;1-2H3;4H,2H2,1H3;. The van der Waals surface area contributed by atoms with Crippen molar-refractivity contribution in [3.05, 3.63) is 34.3 Å². The van der Waals surface area contributed by atoms with Gasteiger partial charge in [0.2, 0.25) is 0 Å². The van der Waals surface area contributed by atoms with E-state index in [1.807, 2.05) is 26.0 Å². The summed E-state index contributed by atoms with van der Waals surface area (Å²) in [5.41, 5.74) is 1.26. The van der Waals surface area contributed by atoms with Crippen LogP contribution in [0.3, 0.4) is 0 Å². The van der Waals surface area contributed by atoms with Crippen molar-refractivity contribution in [3.63, 3.8) is 0 Å². The van der Waals surface area contributed by atoms with E-state index in [1.54, 1.807) is 0 Å². The summed E-state index contributed by atoms with van der Waals surface area (Å²) in [6.07, 6.45) is 0.849. The predicted molar refractivity (Wildman–Crippen MR) is 76.1 cm³/mol. The number of halogens is 2. The molecule has 0 unspecified atom stereocenters. The summed E-state index contributed by atoms with van der Waals surface area (Å²) < 4.78 is 13.6. The molecule has 6 heteroatoms. The third-order valence-corrected chi connectivity index (χ3v) is 2.89. The number of rotatable bonds is 1. The second-order valence-electron chi connectivity index (χ2n) is 3.89. The summed E-state index contributed by atoms with van der Waals surface area (Å²) in [6.45, 7) is 4.00. The van der Waals surface area contributed by atoms with Crippen molar-refractivity contribution < 1.29 is 40.7 Å². The molecule has 0 bridgehead atoms. The van der Waals surface area contributed by atoms with Gasteiger partial charge in [0.05, 0.1) is 0 Å². The van der Waals surface area contributed by atoms with E-state index in [4.69, 9.17) is 5.21 Å². The molecule has 1 fully saturated rings. The quantitative estimate of drug-likeness (QED) is 0.406. The number of hydroxylamine groups is 1. The number of benzene rings is 1. The van der Waals surface area contributed by atoms with Gasteiger partial charge in [-0.3, -0.25) is 5.21 Å². The molecule has 0 amide bonds. The number of nitrogens with two attached hydrogens (primary N) is 1. The molecule has 1 aromatic rings. The van der Waals surface area contributed by atoms with E-state index in [0.717, 1.165) is 4.47 Å². The molecule has 1 aliphatic carbocycles. The van der Waals surface area contributed by atoms with Gasteiger partial charge in [0, 0.05) is 42.6 Å². The van der Waals surface area contributed by atoms with Crippen LogP contribution in [0.2, 0.25) is 0 Å². The predicted octanol–water partition coefficient (Wildman–Crippen LogP) is 3.87. The van der Waals surface area contributed by atoms with Crippen LogP contribution >= 0.6 is 15.9 Å². The van der Waals surface area contributed by atoms with Crippen molar-refractivity contribution >= 4 is 15.9 Å². The Morgan fingerprint density at radius 3 is 2.21 bits per heavy atom. The fourth-order valence-electron chi connectivity index (χ4n) is 1.58. The summed E-state index contributed by atoms with van der Waals surface area (Å²) in [5.74, 6) is 4.96. The Balaban J connectivity index is 0. The van der Waals surface area contributed by atoms with Gasteiger partial charge in [-0.2, -0.15) is 0 Å². The average molecular weight is 559 g/mol. The Bertz CT molecular complexity index is 333. The van der Waals surface area contributed by atoms with Crippen LogP contribution in [0, 0.1) is 31.1 Å². The van der Waals surface area contributed by atoms with Crippen LogP contribution in [0.25, 0.3) is 0 Å². The van der Waals surface area contributed by atoms with E-state index >= 15 is 0 Å². The summed E-state index contributed by atoms with van der Waals surface area (Å²) in [6, 6.07) is 8.15. The fraction of sp³-hybridized carbons (Fsp3) is 0.538. The molecule has 0 aliphatic heterocycles. The molecule has 3 N–H and O–H groups in total. The van der Waals surface area contributed by atoms with E-state index in [1.165, 1.54) is 12.6 Å². The van der Waals surface area contributed by atoms with E-state index < -0.39 is 6.17 Å². The Hall–Kier alpha value is 0.562. The number of hydrazine groups is 1. The van der Waals surface area contributed by atoms with Crippen LogP contribution in [0.15, 0.2) is 28.7 Å². The van der Waals surface area contributed by atoms with Gasteiger partial charge in [0.1, 0.15) is 6.17 Å². The van der Waals surface area contributed by atoms with Crippen LogP contribution in [0.5, 0.6) is 0 Å². The van der Waals surface area contributed by atoms with Gasteiger partial charge in [-0.1, -0.05) is 41.9 Å². The van der Waals surface area contributed by atoms with Gasteiger partial charge in [-0.05, 0) is 36.5 Å². The first-order valence-corrected chi connectivity index (χ1v) is 6.85. The molecule has 0 atom stereocenters. The zero-order valence-electron chi connectivity index (χ0n) is 11.6. The first-order valence-electron chi connectivity index (χ1n) is 6.06. The Morgan fingerprint density at radius 1 is 1.37 bits per heavy atom. The smallest absolute Gasteiger partial charge is 0.101 e. The SMILES string of the molecule is CC.CN(N)O.FC1CC(c2cccc(Br)c2)C1.[U]. The van der Waals surface area contributed by atoms with Crippen molar-refractivity contribution in [2.45, 2.75) is 38.8 Å². The van der Waals surface area contributed by atoms with Gasteiger partial charge in [0.25, 0.3) is 0 Å². The van der Waals surface area contributed by atoms with Crippen molar-refractivity contribution in [1.82, 2.24) is 5.17 Å². The molecule has 1 aromatic carbocycles. The maximum Gasteiger partial charge on any atom is 0.101 e. The number of hydrogen-bond acceptors (Lipinski definition) is 3. The minimum Gasteiger partial charge on any atom is -0.300 e. The Morgan fingerprint density at radius 2 is 1.84 bits per heavy atom. The van der Waals surface area contributed by atoms with Crippen LogP contribution in [-0.2, 0) is 0 Å². The topological polar surface area (TPSA) is 49.5 Å². The van der Waals surface area contributed by atoms with E-state index in [9.17, 15) is 4.39 Å². The zero-order valence-corrected chi connectivity index (χ0v) is 17.4. The van der Waals surface area contributed by atoms with Crippen LogP contribution < -0.4 is 5.84 Å². The second-order valence-corrected chi connectivity index (χ2v) is 4.81. The first kappa shape index (κ1) is 21.9. The minimum absolute atomic E-state index is 0. The maximum atomic E-state index is 12.5. The fourth-order valence-corrected chi connectivity index (χ4v) is 2.00. The Labute approximate surface area is 147 Å². The molecule has 108 valence electrons. The second kappa shape index (κ2) is 12.3. The van der Waals surface area contributed by atoms with Gasteiger partial charge in [-0.15, -0.1) is 5.17 Å². The van der Waals surface area contributed by atoms with Crippen LogP contribution in [-0.4, -0.2) is 23.6 Å². The van der Waals surface area contributed by atoms with Crippen LogP contribution in [0.4, 0.5) is 4.39 Å². The van der Waals surface area contributed by atoms with Crippen molar-refractivity contribution in [2.75, 3.05) is 7.05 Å². The third-order valence-electron chi connectivity index (χ3n) is 2.40. The Kier molecular flexibility index (Phi) is 14.2. The van der Waals surface area contributed by atoms with Gasteiger partial charge in [0.15, 0.2) is 0 Å². The van der Waals surface area contributed by atoms with Gasteiger partial charge < -0.3 is 0 Å². The molecule has 0 heterocycles. The number of nitrogens with zero attached hydrogens (tertiary/aromatic N) is 1. The maximum absolute atomic E-state index is 12.5. The molecule has 0 radical (unpaired) electrons. The molecule has 0 saturated heterocycles. The minimum atomic E-state index is -0.561. The molecule has 2 rings (SSSR count). The van der Waals surface area contributed by atoms with Crippen molar-refractivity contribution in [1.29, 1.82) is 0 Å². The molecule has 3 nitrogen and oxygen atoms in total. The van der Waals surface area contributed by atoms with E-state index in [0.29, 0.717) is 23.9 Å². The number of alkyl halides is 1.